The third kappa shape index (κ3) is 3.25. The summed E-state index contributed by atoms with van der Waals surface area (Å²) in [6, 6.07) is -0.112. The number of nitrogens with zero attached hydrogens (tertiary/aromatic N) is 4. The molecule has 1 N–H and O–H groups in total. The molecule has 0 aliphatic carbocycles. The van der Waals surface area contributed by atoms with Gasteiger partial charge in [-0.15, -0.1) is 11.3 Å². The zero-order valence-electron chi connectivity index (χ0n) is 11.6. The van der Waals surface area contributed by atoms with Gasteiger partial charge in [-0.05, 0) is 18.9 Å². The van der Waals surface area contributed by atoms with Crippen molar-refractivity contribution in [3.8, 4) is 0 Å². The number of aromatic nitrogens is 3. The molecule has 2 aromatic heterocycles. The maximum absolute atomic E-state index is 12.1. The van der Waals surface area contributed by atoms with Crippen molar-refractivity contribution >= 4 is 28.1 Å². The number of carbonyl (C=O) groups excluding carboxylic acids is 1. The van der Waals surface area contributed by atoms with Crippen LogP contribution in [0.4, 0.5) is 9.93 Å². The Kier molecular flexibility index (Phi) is 3.92. The molecule has 0 radical (unpaired) electrons. The van der Waals surface area contributed by atoms with Gasteiger partial charge in [-0.25, -0.2) is 9.78 Å². The maximum Gasteiger partial charge on any atom is 0.323 e. The normalized spacial score (nSPS) is 14.7. The lowest BCUT2D eigenvalue weighted by molar-refractivity contribution is 0.217. The molecular weight excluding hydrogens is 286 g/mol. The second-order valence-electron chi connectivity index (χ2n) is 4.72. The lowest BCUT2D eigenvalue weighted by atomic mass is 10.1. The summed E-state index contributed by atoms with van der Waals surface area (Å²) in [6.45, 7) is 3.20. The Labute approximate surface area is 126 Å². The molecule has 2 aromatic rings. The summed E-state index contributed by atoms with van der Waals surface area (Å²) in [4.78, 5) is 27.5. The summed E-state index contributed by atoms with van der Waals surface area (Å²) in [5, 5.41) is 3.46. The summed E-state index contributed by atoms with van der Waals surface area (Å²) in [5.41, 5.74) is 2.02. The summed E-state index contributed by atoms with van der Waals surface area (Å²) >= 11 is 1.47. The standard InChI is InChI=1S/C14H15N5OS/c1-10-8-17-13(21-10)18-14(20)19-6-2-11(3-7-19)12-9-15-4-5-16-12/h2,4-5,8-9H,3,6-7H2,1H3,(H,17,18,20). The molecule has 21 heavy (non-hydrogen) atoms. The molecular formula is C14H15N5OS. The Morgan fingerprint density at radius 1 is 1.33 bits per heavy atom. The Morgan fingerprint density at radius 3 is 2.86 bits per heavy atom. The van der Waals surface area contributed by atoms with Crippen LogP contribution in [0.2, 0.25) is 0 Å². The number of urea groups is 1. The summed E-state index contributed by atoms with van der Waals surface area (Å²) in [5.74, 6) is 0. The smallest absolute Gasteiger partial charge is 0.320 e. The zero-order valence-corrected chi connectivity index (χ0v) is 12.4. The number of rotatable bonds is 2. The van der Waals surface area contributed by atoms with Crippen molar-refractivity contribution in [3.05, 3.63) is 41.4 Å². The lowest BCUT2D eigenvalue weighted by Crippen LogP contribution is -2.37. The van der Waals surface area contributed by atoms with Crippen LogP contribution in [0.25, 0.3) is 5.57 Å². The first-order valence-electron chi connectivity index (χ1n) is 6.66. The van der Waals surface area contributed by atoms with Crippen LogP contribution in [0.5, 0.6) is 0 Å². The largest absolute Gasteiger partial charge is 0.323 e. The van der Waals surface area contributed by atoms with Gasteiger partial charge in [0.05, 0.1) is 11.9 Å². The van der Waals surface area contributed by atoms with Crippen LogP contribution in [0.3, 0.4) is 0 Å². The van der Waals surface area contributed by atoms with Crippen molar-refractivity contribution in [2.75, 3.05) is 18.4 Å². The summed E-state index contributed by atoms with van der Waals surface area (Å²) in [6.07, 6.45) is 9.65. The van der Waals surface area contributed by atoms with E-state index < -0.39 is 0 Å². The fourth-order valence-electron chi connectivity index (χ4n) is 2.13. The van der Waals surface area contributed by atoms with E-state index in [9.17, 15) is 4.79 Å². The number of hydrogen-bond acceptors (Lipinski definition) is 5. The van der Waals surface area contributed by atoms with Crippen LogP contribution >= 0.6 is 11.3 Å². The van der Waals surface area contributed by atoms with Gasteiger partial charge in [0.15, 0.2) is 5.13 Å². The lowest BCUT2D eigenvalue weighted by Gasteiger charge is -2.25. The molecule has 1 aliphatic heterocycles. The molecule has 2 amide bonds. The number of thiazole rings is 1. The van der Waals surface area contributed by atoms with E-state index in [0.717, 1.165) is 22.6 Å². The molecule has 0 spiro atoms. The molecule has 3 heterocycles. The SMILES string of the molecule is Cc1cnc(NC(=O)N2CC=C(c3cnccn3)CC2)s1. The second-order valence-corrected chi connectivity index (χ2v) is 5.96. The Balaban J connectivity index is 1.62. The number of hydrogen-bond donors (Lipinski definition) is 1. The van der Waals surface area contributed by atoms with E-state index in [1.54, 1.807) is 29.7 Å². The van der Waals surface area contributed by atoms with Gasteiger partial charge in [0.1, 0.15) is 0 Å². The van der Waals surface area contributed by atoms with Crippen LogP contribution in [0.1, 0.15) is 17.0 Å². The molecule has 0 saturated heterocycles. The molecule has 0 aromatic carbocycles. The zero-order chi connectivity index (χ0) is 14.7. The molecule has 0 atom stereocenters. The molecule has 0 fully saturated rings. The van der Waals surface area contributed by atoms with Gasteiger partial charge < -0.3 is 4.90 Å². The van der Waals surface area contributed by atoms with E-state index in [2.05, 4.69) is 20.3 Å². The van der Waals surface area contributed by atoms with Crippen LogP contribution < -0.4 is 5.32 Å². The van der Waals surface area contributed by atoms with Gasteiger partial charge >= 0.3 is 6.03 Å². The molecule has 0 bridgehead atoms. The van der Waals surface area contributed by atoms with Crippen LogP contribution in [0, 0.1) is 6.92 Å². The highest BCUT2D eigenvalue weighted by Gasteiger charge is 2.19. The second kappa shape index (κ2) is 6.01. The quantitative estimate of drug-likeness (QED) is 0.925. The van der Waals surface area contributed by atoms with Crippen molar-refractivity contribution in [3.63, 3.8) is 0 Å². The van der Waals surface area contributed by atoms with Crippen molar-refractivity contribution in [2.45, 2.75) is 13.3 Å². The highest BCUT2D eigenvalue weighted by Crippen LogP contribution is 2.21. The average molecular weight is 301 g/mol. The first-order valence-corrected chi connectivity index (χ1v) is 7.48. The number of nitrogens with one attached hydrogen (secondary N) is 1. The van der Waals surface area contributed by atoms with Crippen molar-refractivity contribution in [1.82, 2.24) is 19.9 Å². The fraction of sp³-hybridized carbons (Fsp3) is 0.286. The highest BCUT2D eigenvalue weighted by molar-refractivity contribution is 7.15. The van der Waals surface area contributed by atoms with Gasteiger partial charge in [-0.3, -0.25) is 15.3 Å². The van der Waals surface area contributed by atoms with E-state index >= 15 is 0 Å². The Bertz CT molecular complexity index is 667. The monoisotopic (exact) mass is 301 g/mol. The molecule has 0 saturated carbocycles. The van der Waals surface area contributed by atoms with E-state index in [0.29, 0.717) is 18.2 Å². The predicted molar refractivity (Wildman–Crippen MR) is 82.1 cm³/mol. The van der Waals surface area contributed by atoms with Crippen LogP contribution in [-0.4, -0.2) is 39.0 Å². The Hall–Kier alpha value is -2.28. The molecule has 0 unspecified atom stereocenters. The highest BCUT2D eigenvalue weighted by atomic mass is 32.1. The van der Waals surface area contributed by atoms with Gasteiger partial charge in [-0.2, -0.15) is 0 Å². The summed E-state index contributed by atoms with van der Waals surface area (Å²) in [7, 11) is 0. The molecule has 6 nitrogen and oxygen atoms in total. The van der Waals surface area contributed by atoms with Gasteiger partial charge in [0, 0.05) is 36.6 Å². The van der Waals surface area contributed by atoms with Crippen molar-refractivity contribution in [1.29, 1.82) is 0 Å². The van der Waals surface area contributed by atoms with Gasteiger partial charge in [-0.1, -0.05) is 6.08 Å². The first-order chi connectivity index (χ1) is 10.2. The van der Waals surface area contributed by atoms with Crippen LogP contribution in [0.15, 0.2) is 30.9 Å². The van der Waals surface area contributed by atoms with Crippen LogP contribution in [-0.2, 0) is 0 Å². The Morgan fingerprint density at radius 2 is 2.24 bits per heavy atom. The topological polar surface area (TPSA) is 71.0 Å². The third-order valence-electron chi connectivity index (χ3n) is 3.22. The minimum atomic E-state index is -0.112. The minimum absolute atomic E-state index is 0.112. The van der Waals surface area contributed by atoms with Gasteiger partial charge in [0.25, 0.3) is 0 Å². The molecule has 1 aliphatic rings. The van der Waals surface area contributed by atoms with Gasteiger partial charge in [0.2, 0.25) is 0 Å². The van der Waals surface area contributed by atoms with E-state index in [4.69, 9.17) is 0 Å². The maximum atomic E-state index is 12.1. The minimum Gasteiger partial charge on any atom is -0.320 e. The molecule has 108 valence electrons. The van der Waals surface area contributed by atoms with E-state index in [-0.39, 0.29) is 6.03 Å². The predicted octanol–water partition coefficient (Wildman–Crippen LogP) is 2.56. The van der Waals surface area contributed by atoms with E-state index in [1.165, 1.54) is 11.3 Å². The number of anilines is 1. The van der Waals surface area contributed by atoms with Crippen molar-refractivity contribution < 1.29 is 4.79 Å². The first kappa shape index (κ1) is 13.7. The fourth-order valence-corrected chi connectivity index (χ4v) is 2.79. The number of amides is 2. The molecule has 7 heteroatoms. The average Bonchev–Trinajstić information content (AvgIpc) is 2.93. The van der Waals surface area contributed by atoms with Crippen molar-refractivity contribution in [2.24, 2.45) is 0 Å². The number of aryl methyl sites for hydroxylation is 1. The third-order valence-corrected chi connectivity index (χ3v) is 4.05. The summed E-state index contributed by atoms with van der Waals surface area (Å²) < 4.78 is 0. The number of carbonyl (C=O) groups is 1. The molecule has 3 rings (SSSR count). The van der Waals surface area contributed by atoms with E-state index in [1.807, 2.05) is 13.0 Å².